The third-order valence-corrected chi connectivity index (χ3v) is 14.6. The zero-order chi connectivity index (χ0) is 55.6. The van der Waals surface area contributed by atoms with Crippen molar-refractivity contribution in [1.82, 2.24) is 35.7 Å². The van der Waals surface area contributed by atoms with E-state index in [0.717, 1.165) is 28.1 Å². The number of aliphatic hydroxyl groups is 1. The third kappa shape index (κ3) is 14.9. The number of aromatic nitrogens is 4. The Balaban J connectivity index is 0.868. The monoisotopic (exact) mass is 1100 g/mol. The highest BCUT2D eigenvalue weighted by Gasteiger charge is 2.44. The molecular formula is C53H61F3N10O9S2. The number of anilines is 3. The summed E-state index contributed by atoms with van der Waals surface area (Å²) in [7, 11) is -5.12. The molecule has 19 nitrogen and oxygen atoms in total. The molecule has 0 spiro atoms. The molecule has 8 N–H and O–H groups in total. The number of H-pyrrole nitrogens is 1. The Morgan fingerprint density at radius 3 is 2.32 bits per heavy atom. The molecule has 410 valence electrons. The lowest BCUT2D eigenvalue weighted by atomic mass is 9.85. The van der Waals surface area contributed by atoms with Gasteiger partial charge in [-0.05, 0) is 85.2 Å². The highest BCUT2D eigenvalue weighted by molar-refractivity contribution is 7.93. The van der Waals surface area contributed by atoms with Gasteiger partial charge in [0.05, 0.1) is 40.7 Å². The molecule has 7 rings (SSSR count). The van der Waals surface area contributed by atoms with E-state index in [9.17, 15) is 45.9 Å². The number of aromatic amines is 1. The van der Waals surface area contributed by atoms with Crippen molar-refractivity contribution in [3.05, 3.63) is 119 Å². The van der Waals surface area contributed by atoms with Gasteiger partial charge in [0.25, 0.3) is 15.9 Å². The summed E-state index contributed by atoms with van der Waals surface area (Å²) in [5, 5.41) is 26.3. The predicted molar refractivity (Wildman–Crippen MR) is 284 cm³/mol. The number of amides is 4. The first-order valence-corrected chi connectivity index (χ1v) is 27.2. The number of nitrogens with two attached hydrogens (primary N) is 1. The van der Waals surface area contributed by atoms with Gasteiger partial charge in [-0.2, -0.15) is 13.9 Å². The van der Waals surface area contributed by atoms with Gasteiger partial charge in [-0.25, -0.2) is 22.8 Å². The number of halogens is 3. The lowest BCUT2D eigenvalue weighted by Crippen LogP contribution is -2.57. The number of carbonyl (C=O) groups is 4. The normalized spacial score (nSPS) is 15.4. The number of aliphatic hydroxyl groups excluding tert-OH is 1. The molecule has 0 bridgehead atoms. The zero-order valence-electron chi connectivity index (χ0n) is 42.9. The van der Waals surface area contributed by atoms with Crippen molar-refractivity contribution in [3.63, 3.8) is 0 Å². The summed E-state index contributed by atoms with van der Waals surface area (Å²) in [5.74, 6) is -5.68. The molecule has 6 aromatic rings. The summed E-state index contributed by atoms with van der Waals surface area (Å²) < 4.78 is 78.3. The van der Waals surface area contributed by atoms with Gasteiger partial charge in [0.1, 0.15) is 58.4 Å². The van der Waals surface area contributed by atoms with Crippen molar-refractivity contribution in [2.45, 2.75) is 110 Å². The molecule has 4 amide bonds. The van der Waals surface area contributed by atoms with Crippen molar-refractivity contribution in [2.75, 3.05) is 23.2 Å². The topological polar surface area (TPSA) is 273 Å². The quantitative estimate of drug-likeness (QED) is 0.0283. The number of thiazole rings is 1. The van der Waals surface area contributed by atoms with Crippen LogP contribution in [0.5, 0.6) is 11.5 Å². The van der Waals surface area contributed by atoms with Gasteiger partial charge in [0.15, 0.2) is 0 Å². The second-order valence-electron chi connectivity index (χ2n) is 19.6. The van der Waals surface area contributed by atoms with E-state index < -0.39 is 63.1 Å². The van der Waals surface area contributed by atoms with Crippen LogP contribution in [0.25, 0.3) is 21.7 Å². The maximum Gasteiger partial charge on any atom is 0.355 e. The average Bonchev–Trinajstić information content (AvgIpc) is 4.14. The summed E-state index contributed by atoms with van der Waals surface area (Å²) in [5.41, 5.74) is 10.0. The Bertz CT molecular complexity index is 3140. The number of pyridine rings is 1. The third-order valence-electron chi connectivity index (χ3n) is 12.7. The van der Waals surface area contributed by atoms with E-state index in [1.54, 1.807) is 35.9 Å². The molecule has 77 heavy (non-hydrogen) atoms. The highest BCUT2D eigenvalue weighted by Crippen LogP contribution is 2.38. The largest absolute Gasteiger partial charge is 0.492 e. The molecule has 1 aliphatic heterocycles. The highest BCUT2D eigenvalue weighted by atomic mass is 32.2. The first-order valence-electron chi connectivity index (χ1n) is 24.7. The maximum atomic E-state index is 14.1. The first kappa shape index (κ1) is 57.1. The number of rotatable bonds is 24. The van der Waals surface area contributed by atoms with Gasteiger partial charge in [0.2, 0.25) is 17.7 Å². The zero-order valence-corrected chi connectivity index (χ0v) is 44.6. The lowest BCUT2D eigenvalue weighted by Gasteiger charge is -2.35. The molecule has 1 aliphatic rings. The Morgan fingerprint density at radius 1 is 0.961 bits per heavy atom. The number of aryl methyl sites for hydroxylation is 1. The molecule has 1 fully saturated rings. The Hall–Kier alpha value is -7.57. The fourth-order valence-corrected chi connectivity index (χ4v) is 9.91. The van der Waals surface area contributed by atoms with E-state index in [2.05, 4.69) is 36.1 Å². The predicted octanol–water partition coefficient (Wildman–Crippen LogP) is 8.13. The number of alkyl halides is 2. The number of hydrogen-bond acceptors (Lipinski definition) is 14. The minimum atomic E-state index is -5.12. The van der Waals surface area contributed by atoms with Crippen LogP contribution in [0, 0.1) is 18.2 Å². The molecule has 0 aliphatic carbocycles. The van der Waals surface area contributed by atoms with Crippen molar-refractivity contribution >= 4 is 62.3 Å². The average molecular weight is 1100 g/mol. The Kier molecular flexibility index (Phi) is 18.6. The number of unbranched alkanes of at least 4 members (excludes halogenated alkanes) is 3. The fourth-order valence-electron chi connectivity index (χ4n) is 8.54. The van der Waals surface area contributed by atoms with Crippen molar-refractivity contribution in [2.24, 2.45) is 11.1 Å². The van der Waals surface area contributed by atoms with Gasteiger partial charge in [-0.15, -0.1) is 11.3 Å². The second kappa shape index (κ2) is 25.1. The Morgan fingerprint density at radius 2 is 1.68 bits per heavy atom. The van der Waals surface area contributed by atoms with Gasteiger partial charge in [-0.1, -0.05) is 76.1 Å². The van der Waals surface area contributed by atoms with Crippen LogP contribution in [-0.2, 0) is 31.0 Å². The van der Waals surface area contributed by atoms with Gasteiger partial charge in [-0.3, -0.25) is 29.0 Å². The molecule has 0 radical (unpaired) electrons. The second-order valence-corrected chi connectivity index (χ2v) is 22.1. The number of ether oxygens (including phenoxy) is 2. The number of primary amides is 1. The van der Waals surface area contributed by atoms with Gasteiger partial charge in [0, 0.05) is 31.5 Å². The van der Waals surface area contributed by atoms with E-state index >= 15 is 0 Å². The molecule has 0 saturated carbocycles. The number of nitrogens with zero attached hydrogens (tertiary/aromatic N) is 4. The molecule has 1 saturated heterocycles. The van der Waals surface area contributed by atoms with E-state index in [1.165, 1.54) is 53.6 Å². The maximum absolute atomic E-state index is 14.1. The molecular weight excluding hydrogens is 1040 g/mol. The molecule has 4 heterocycles. The first-order chi connectivity index (χ1) is 36.6. The van der Waals surface area contributed by atoms with Crippen molar-refractivity contribution < 1.29 is 55.3 Å². The summed E-state index contributed by atoms with van der Waals surface area (Å²) >= 11 is 1.56. The number of benzene rings is 3. The van der Waals surface area contributed by atoms with Crippen LogP contribution < -0.4 is 35.9 Å². The molecule has 3 aromatic heterocycles. The molecule has 3 aromatic carbocycles. The molecule has 0 unspecified atom stereocenters. The van der Waals surface area contributed by atoms with Crippen LogP contribution in [-0.4, -0.2) is 99.3 Å². The Labute approximate surface area is 447 Å². The van der Waals surface area contributed by atoms with Crippen LogP contribution in [0.2, 0.25) is 0 Å². The van der Waals surface area contributed by atoms with E-state index in [4.69, 9.17) is 15.2 Å². The van der Waals surface area contributed by atoms with E-state index in [1.807, 2.05) is 56.7 Å². The summed E-state index contributed by atoms with van der Waals surface area (Å²) in [6.07, 6.45) is 2.69. The van der Waals surface area contributed by atoms with Crippen LogP contribution in [0.15, 0.2) is 90.6 Å². The van der Waals surface area contributed by atoms with Crippen LogP contribution in [0.3, 0.4) is 0 Å². The SMILES string of the molecule is Cc1ncsc1-c1ccc(CNC(=O)[C@@H]2C[C@@H](O)CN2C(=O)[C@@H](NC(=O)CCCCCCOc2ccc(Nc3[nH]nc(-c4ccc(NS(=O)(=O)C(F)F)c(O[C@@H](C)c5ccc(F)cc5)c4)c3C(N)=O)nc2)C(C)(C)C)cc1. The van der Waals surface area contributed by atoms with E-state index in [0.29, 0.717) is 37.2 Å². The number of sulfonamides is 1. The standard InChI is InChI=1S/C53H61F3N10O9S2/c1-30-46(76-29-60-30)34-13-11-32(12-14-34)26-59-50(70)40-25-37(67)28-66(40)51(71)47(53(3,4)5)62-43(68)10-8-6-7-9-23-74-38-20-22-42(58-27-38)61-49-44(48(57)69)45(63-64-49)35-17-21-39(65-77(72,73)52(55)56)41(24-35)75-31(2)33-15-18-36(54)19-16-33/h11-22,24,27,29,31,37,40,47,52,65,67H,6-10,23,25-26,28H2,1-5H3,(H2,57,69)(H,59,70)(H,62,68)(H2,58,61,63,64)/t31-,37+,40-,47+/m0/s1. The number of likely N-dealkylation sites (tertiary alicyclic amines) is 1. The van der Waals surface area contributed by atoms with Crippen LogP contribution in [0.4, 0.5) is 30.5 Å². The lowest BCUT2D eigenvalue weighted by molar-refractivity contribution is -0.144. The molecule has 24 heteroatoms. The summed E-state index contributed by atoms with van der Waals surface area (Å²) in [6.45, 7) is 9.61. The van der Waals surface area contributed by atoms with Crippen molar-refractivity contribution in [3.8, 4) is 33.2 Å². The summed E-state index contributed by atoms with van der Waals surface area (Å²) in [6, 6.07) is 18.3. The molecule has 4 atom stereocenters. The van der Waals surface area contributed by atoms with Gasteiger partial charge >= 0.3 is 5.76 Å². The number of carbonyl (C=O) groups excluding carboxylic acids is 4. The van der Waals surface area contributed by atoms with Crippen molar-refractivity contribution in [1.29, 1.82) is 0 Å². The van der Waals surface area contributed by atoms with Crippen LogP contribution in [0.1, 0.15) is 99.5 Å². The van der Waals surface area contributed by atoms with Crippen LogP contribution >= 0.6 is 11.3 Å². The van der Waals surface area contributed by atoms with E-state index in [-0.39, 0.29) is 77.6 Å². The fraction of sp³-hybridized carbons (Fsp3) is 0.377. The summed E-state index contributed by atoms with van der Waals surface area (Å²) in [4.78, 5) is 64.7. The minimum absolute atomic E-state index is 0.0139. The number of β-amino-alcohol motifs (C(OH)–C–C–N with tert-alkyl or cyclic N) is 1. The van der Waals surface area contributed by atoms with Gasteiger partial charge < -0.3 is 41.2 Å². The smallest absolute Gasteiger partial charge is 0.355 e. The number of hydrogen-bond donors (Lipinski definition) is 7. The minimum Gasteiger partial charge on any atom is -0.492 e. The number of nitrogens with one attached hydrogen (secondary N) is 5.